The molecule has 0 aromatic carbocycles. The molecule has 0 amide bonds. The number of rotatable bonds is 5. The van der Waals surface area contributed by atoms with Crippen LogP contribution < -0.4 is 0 Å². The molecule has 1 aromatic heterocycles. The molecule has 2 N–H and O–H groups in total. The predicted octanol–water partition coefficient (Wildman–Crippen LogP) is 1.13. The first kappa shape index (κ1) is 10.8. The van der Waals surface area contributed by atoms with Crippen molar-refractivity contribution in [1.29, 1.82) is 0 Å². The Morgan fingerprint density at radius 2 is 2.36 bits per heavy atom. The van der Waals surface area contributed by atoms with E-state index in [1.165, 1.54) is 0 Å². The first-order valence-corrected chi connectivity index (χ1v) is 4.61. The van der Waals surface area contributed by atoms with E-state index in [9.17, 15) is 4.79 Å². The highest BCUT2D eigenvalue weighted by Gasteiger charge is 2.19. The van der Waals surface area contributed by atoms with E-state index in [-0.39, 0.29) is 0 Å². The van der Waals surface area contributed by atoms with Crippen LogP contribution in [0.15, 0.2) is 18.5 Å². The van der Waals surface area contributed by atoms with Crippen LogP contribution >= 0.6 is 0 Å². The Kier molecular flexibility index (Phi) is 3.71. The van der Waals surface area contributed by atoms with Crippen LogP contribution in [0.4, 0.5) is 0 Å². The van der Waals surface area contributed by atoms with Gasteiger partial charge in [-0.05, 0) is 38.7 Å². The minimum Gasteiger partial charge on any atom is -0.481 e. The van der Waals surface area contributed by atoms with Crippen molar-refractivity contribution in [3.63, 3.8) is 0 Å². The third-order valence-corrected chi connectivity index (χ3v) is 2.19. The van der Waals surface area contributed by atoms with Crippen LogP contribution in [0.5, 0.6) is 0 Å². The number of aromatic nitrogens is 1. The van der Waals surface area contributed by atoms with Gasteiger partial charge in [-0.25, -0.2) is 0 Å². The molecule has 1 rings (SSSR count). The van der Waals surface area contributed by atoms with E-state index >= 15 is 0 Å². The van der Waals surface area contributed by atoms with Gasteiger partial charge in [-0.1, -0.05) is 0 Å². The summed E-state index contributed by atoms with van der Waals surface area (Å²) in [6.07, 6.45) is 4.13. The smallest absolute Gasteiger partial charge is 0.311 e. The molecule has 0 bridgehead atoms. The van der Waals surface area contributed by atoms with Crippen molar-refractivity contribution >= 4 is 5.97 Å². The maximum atomic E-state index is 11.0. The summed E-state index contributed by atoms with van der Waals surface area (Å²) < 4.78 is 0. The molecule has 1 heterocycles. The van der Waals surface area contributed by atoms with Gasteiger partial charge in [-0.15, -0.1) is 0 Å². The number of nitrogens with zero attached hydrogens (tertiary/aromatic N) is 1. The van der Waals surface area contributed by atoms with Crippen molar-refractivity contribution in [3.8, 4) is 0 Å². The first-order valence-electron chi connectivity index (χ1n) is 4.61. The second-order valence-corrected chi connectivity index (χ2v) is 3.63. The molecule has 0 aliphatic heterocycles. The van der Waals surface area contributed by atoms with Crippen LogP contribution in [0.2, 0.25) is 0 Å². The van der Waals surface area contributed by atoms with Gasteiger partial charge in [0.05, 0.1) is 5.92 Å². The Labute approximate surface area is 83.5 Å². The highest BCUT2D eigenvalue weighted by atomic mass is 16.4. The number of nitrogens with one attached hydrogen (secondary N) is 1. The molecule has 0 fully saturated rings. The molecule has 0 aliphatic carbocycles. The minimum atomic E-state index is -0.758. The van der Waals surface area contributed by atoms with Gasteiger partial charge >= 0.3 is 5.97 Å². The maximum Gasteiger partial charge on any atom is 0.311 e. The summed E-state index contributed by atoms with van der Waals surface area (Å²) in [6, 6.07) is 1.81. The van der Waals surface area contributed by atoms with Gasteiger partial charge in [0.2, 0.25) is 0 Å². The monoisotopic (exact) mass is 196 g/mol. The zero-order chi connectivity index (χ0) is 10.6. The Morgan fingerprint density at radius 1 is 1.64 bits per heavy atom. The summed E-state index contributed by atoms with van der Waals surface area (Å²) in [5.74, 6) is -1.16. The number of carboxylic acid groups (broad SMARTS) is 1. The number of carbonyl (C=O) groups is 1. The van der Waals surface area contributed by atoms with E-state index in [0.717, 1.165) is 12.1 Å². The van der Waals surface area contributed by atoms with Crippen LogP contribution in [0.1, 0.15) is 17.9 Å². The fourth-order valence-corrected chi connectivity index (χ4v) is 1.37. The molecule has 4 heteroatoms. The first-order chi connectivity index (χ1) is 6.61. The number of H-pyrrole nitrogens is 1. The van der Waals surface area contributed by atoms with Crippen LogP contribution in [0, 0.1) is 0 Å². The topological polar surface area (TPSA) is 56.3 Å². The maximum absolute atomic E-state index is 11.0. The molecule has 1 atom stereocenters. The number of aliphatic carboxylic acids is 1. The zero-order valence-electron chi connectivity index (χ0n) is 8.53. The van der Waals surface area contributed by atoms with Gasteiger partial charge in [-0.3, -0.25) is 4.79 Å². The number of hydrogen-bond acceptors (Lipinski definition) is 2. The minimum absolute atomic E-state index is 0.399. The van der Waals surface area contributed by atoms with Crippen molar-refractivity contribution in [2.24, 2.45) is 0 Å². The van der Waals surface area contributed by atoms with Gasteiger partial charge in [0.1, 0.15) is 0 Å². The van der Waals surface area contributed by atoms with Crippen molar-refractivity contribution in [2.45, 2.75) is 12.3 Å². The molecule has 78 valence electrons. The Balaban J connectivity index is 2.61. The summed E-state index contributed by atoms with van der Waals surface area (Å²) >= 11 is 0. The van der Waals surface area contributed by atoms with Crippen molar-refractivity contribution in [2.75, 3.05) is 20.6 Å². The third-order valence-electron chi connectivity index (χ3n) is 2.19. The number of carboxylic acids is 1. The van der Waals surface area contributed by atoms with E-state index in [0.29, 0.717) is 6.42 Å². The van der Waals surface area contributed by atoms with Gasteiger partial charge < -0.3 is 15.0 Å². The Morgan fingerprint density at radius 3 is 2.79 bits per heavy atom. The predicted molar refractivity (Wildman–Crippen MR) is 54.3 cm³/mol. The summed E-state index contributed by atoms with van der Waals surface area (Å²) in [6.45, 7) is 0.780. The lowest BCUT2D eigenvalue weighted by Gasteiger charge is -2.14. The van der Waals surface area contributed by atoms with Crippen LogP contribution in [0.25, 0.3) is 0 Å². The fourth-order valence-electron chi connectivity index (χ4n) is 1.37. The van der Waals surface area contributed by atoms with Crippen LogP contribution in [-0.4, -0.2) is 41.6 Å². The number of hydrogen-bond donors (Lipinski definition) is 2. The van der Waals surface area contributed by atoms with E-state index in [4.69, 9.17) is 5.11 Å². The lowest BCUT2D eigenvalue weighted by Crippen LogP contribution is -2.20. The molecular weight excluding hydrogens is 180 g/mol. The molecule has 0 saturated heterocycles. The van der Waals surface area contributed by atoms with E-state index in [2.05, 4.69) is 4.98 Å². The summed E-state index contributed by atoms with van der Waals surface area (Å²) in [4.78, 5) is 15.8. The molecule has 14 heavy (non-hydrogen) atoms. The summed E-state index contributed by atoms with van der Waals surface area (Å²) in [7, 11) is 3.88. The van der Waals surface area contributed by atoms with Crippen molar-refractivity contribution in [3.05, 3.63) is 24.0 Å². The van der Waals surface area contributed by atoms with Gasteiger partial charge in [0.15, 0.2) is 0 Å². The number of aromatic amines is 1. The Bertz CT molecular complexity index is 280. The zero-order valence-corrected chi connectivity index (χ0v) is 8.53. The molecule has 0 spiro atoms. The third kappa shape index (κ3) is 2.88. The standard InChI is InChI=1S/C10H16N2O2/c1-12(2)6-4-9(10(13)14)8-3-5-11-7-8/h3,5,7,9,11H,4,6H2,1-2H3,(H,13,14). The van der Waals surface area contributed by atoms with Gasteiger partial charge in [0.25, 0.3) is 0 Å². The molecule has 0 saturated carbocycles. The highest BCUT2D eigenvalue weighted by molar-refractivity contribution is 5.75. The van der Waals surface area contributed by atoms with E-state index in [1.54, 1.807) is 12.4 Å². The highest BCUT2D eigenvalue weighted by Crippen LogP contribution is 2.19. The van der Waals surface area contributed by atoms with E-state index < -0.39 is 11.9 Å². The van der Waals surface area contributed by atoms with Gasteiger partial charge in [-0.2, -0.15) is 0 Å². The largest absolute Gasteiger partial charge is 0.481 e. The Hall–Kier alpha value is -1.29. The summed E-state index contributed by atoms with van der Waals surface area (Å²) in [5.41, 5.74) is 0.847. The molecule has 4 nitrogen and oxygen atoms in total. The SMILES string of the molecule is CN(C)CCC(C(=O)O)c1cc[nH]c1. The quantitative estimate of drug-likeness (QED) is 0.742. The van der Waals surface area contributed by atoms with Gasteiger partial charge in [0, 0.05) is 12.4 Å². The summed E-state index contributed by atoms with van der Waals surface area (Å²) in [5, 5.41) is 9.03. The van der Waals surface area contributed by atoms with Crippen LogP contribution in [-0.2, 0) is 4.79 Å². The van der Waals surface area contributed by atoms with E-state index in [1.807, 2.05) is 25.1 Å². The molecule has 1 aromatic rings. The van der Waals surface area contributed by atoms with Crippen LogP contribution in [0.3, 0.4) is 0 Å². The van der Waals surface area contributed by atoms with Crippen molar-refractivity contribution < 1.29 is 9.90 Å². The average Bonchev–Trinajstić information content (AvgIpc) is 2.56. The molecular formula is C10H16N2O2. The lowest BCUT2D eigenvalue weighted by molar-refractivity contribution is -0.139. The molecule has 1 unspecified atom stereocenters. The van der Waals surface area contributed by atoms with Crippen molar-refractivity contribution in [1.82, 2.24) is 9.88 Å². The second-order valence-electron chi connectivity index (χ2n) is 3.63. The fraction of sp³-hybridized carbons (Fsp3) is 0.500. The molecule has 0 radical (unpaired) electrons. The molecule has 0 aliphatic rings. The second kappa shape index (κ2) is 4.81. The normalized spacial score (nSPS) is 13.1. The average molecular weight is 196 g/mol. The lowest BCUT2D eigenvalue weighted by atomic mass is 9.98.